The highest BCUT2D eigenvalue weighted by molar-refractivity contribution is 5.79. The van der Waals surface area contributed by atoms with E-state index in [0.717, 1.165) is 17.5 Å². The van der Waals surface area contributed by atoms with Crippen LogP contribution >= 0.6 is 0 Å². The first-order chi connectivity index (χ1) is 8.20. The summed E-state index contributed by atoms with van der Waals surface area (Å²) in [5.74, 6) is -0.227. The molecule has 0 aliphatic carbocycles. The summed E-state index contributed by atoms with van der Waals surface area (Å²) < 4.78 is 0. The Morgan fingerprint density at radius 2 is 2.24 bits per heavy atom. The second-order valence-corrected chi connectivity index (χ2v) is 3.89. The van der Waals surface area contributed by atoms with Crippen LogP contribution in [-0.4, -0.2) is 34.1 Å². The summed E-state index contributed by atoms with van der Waals surface area (Å²) in [7, 11) is 0. The van der Waals surface area contributed by atoms with Crippen LogP contribution in [0.15, 0.2) is 24.3 Å². The number of nitrogens with one attached hydrogen (secondary N) is 1. The Bertz CT molecular complexity index is 488. The quantitative estimate of drug-likeness (QED) is 0.827. The predicted octanol–water partition coefficient (Wildman–Crippen LogP) is 1.86. The number of anilines is 1. The number of hydrogen-bond acceptors (Lipinski definition) is 3. The summed E-state index contributed by atoms with van der Waals surface area (Å²) in [6.45, 7) is 2.65. The summed E-state index contributed by atoms with van der Waals surface area (Å²) in [4.78, 5) is 20.1. The average Bonchev–Trinajstić information content (AvgIpc) is 2.71. The van der Waals surface area contributed by atoms with Gasteiger partial charge in [-0.05, 0) is 18.6 Å². The minimum Gasteiger partial charge on any atom is -0.480 e. The minimum atomic E-state index is -0.848. The van der Waals surface area contributed by atoms with E-state index in [1.54, 1.807) is 4.90 Å². The van der Waals surface area contributed by atoms with Crippen molar-refractivity contribution in [3.8, 4) is 0 Å². The van der Waals surface area contributed by atoms with Crippen LogP contribution in [0.1, 0.15) is 13.3 Å². The van der Waals surface area contributed by atoms with Gasteiger partial charge in [-0.25, -0.2) is 4.98 Å². The fourth-order valence-corrected chi connectivity index (χ4v) is 1.78. The fourth-order valence-electron chi connectivity index (χ4n) is 1.78. The number of carbonyl (C=O) groups is 1. The van der Waals surface area contributed by atoms with E-state index in [4.69, 9.17) is 5.11 Å². The zero-order valence-electron chi connectivity index (χ0n) is 9.68. The van der Waals surface area contributed by atoms with Gasteiger partial charge in [0, 0.05) is 6.54 Å². The molecule has 0 spiro atoms. The van der Waals surface area contributed by atoms with E-state index in [9.17, 15) is 4.79 Å². The number of H-pyrrole nitrogens is 1. The Morgan fingerprint density at radius 3 is 2.88 bits per heavy atom. The molecule has 1 aromatic carbocycles. The van der Waals surface area contributed by atoms with E-state index >= 15 is 0 Å². The molecule has 0 saturated carbocycles. The lowest BCUT2D eigenvalue weighted by atomic mass is 10.3. The Labute approximate surface area is 99.1 Å². The van der Waals surface area contributed by atoms with Crippen molar-refractivity contribution in [2.75, 3.05) is 18.0 Å². The van der Waals surface area contributed by atoms with Crippen LogP contribution in [-0.2, 0) is 4.79 Å². The Kier molecular flexibility index (Phi) is 3.27. The molecule has 1 aromatic heterocycles. The number of para-hydroxylation sites is 2. The molecule has 1 heterocycles. The van der Waals surface area contributed by atoms with Crippen molar-refractivity contribution in [1.29, 1.82) is 0 Å². The number of aliphatic carboxylic acids is 1. The first-order valence-corrected chi connectivity index (χ1v) is 5.62. The second-order valence-electron chi connectivity index (χ2n) is 3.89. The molecular formula is C12H15N3O2. The number of nitrogens with zero attached hydrogens (tertiary/aromatic N) is 2. The number of aromatic nitrogens is 2. The molecule has 5 heteroatoms. The van der Waals surface area contributed by atoms with Gasteiger partial charge < -0.3 is 15.0 Å². The maximum absolute atomic E-state index is 10.8. The SMILES string of the molecule is CCCN(CC(=O)O)c1nc2ccccc2[nH]1. The van der Waals surface area contributed by atoms with Crippen molar-refractivity contribution < 1.29 is 9.90 Å². The lowest BCUT2D eigenvalue weighted by Gasteiger charge is -2.18. The topological polar surface area (TPSA) is 69.2 Å². The van der Waals surface area contributed by atoms with Gasteiger partial charge in [-0.2, -0.15) is 0 Å². The summed E-state index contributed by atoms with van der Waals surface area (Å²) in [6, 6.07) is 7.66. The van der Waals surface area contributed by atoms with Gasteiger partial charge in [0.15, 0.2) is 0 Å². The number of aromatic amines is 1. The zero-order chi connectivity index (χ0) is 12.3. The van der Waals surface area contributed by atoms with Gasteiger partial charge in [0.1, 0.15) is 6.54 Å². The van der Waals surface area contributed by atoms with Crippen LogP contribution in [0.3, 0.4) is 0 Å². The van der Waals surface area contributed by atoms with Crippen LogP contribution in [0.5, 0.6) is 0 Å². The van der Waals surface area contributed by atoms with E-state index in [0.29, 0.717) is 12.5 Å². The summed E-state index contributed by atoms with van der Waals surface area (Å²) in [5, 5.41) is 8.86. The van der Waals surface area contributed by atoms with Gasteiger partial charge >= 0.3 is 5.97 Å². The normalized spacial score (nSPS) is 10.6. The third kappa shape index (κ3) is 2.55. The van der Waals surface area contributed by atoms with E-state index in [1.165, 1.54) is 0 Å². The number of fused-ring (bicyclic) bond motifs is 1. The van der Waals surface area contributed by atoms with Crippen molar-refractivity contribution in [3.63, 3.8) is 0 Å². The summed E-state index contributed by atoms with van der Waals surface area (Å²) >= 11 is 0. The van der Waals surface area contributed by atoms with Gasteiger partial charge in [-0.15, -0.1) is 0 Å². The maximum Gasteiger partial charge on any atom is 0.323 e. The lowest BCUT2D eigenvalue weighted by Crippen LogP contribution is -2.31. The molecule has 0 radical (unpaired) electrons. The minimum absolute atomic E-state index is 0.0341. The second kappa shape index (κ2) is 4.86. The molecule has 2 aromatic rings. The van der Waals surface area contributed by atoms with Crippen LogP contribution in [0, 0.1) is 0 Å². The molecule has 0 saturated heterocycles. The van der Waals surface area contributed by atoms with Crippen molar-refractivity contribution >= 4 is 23.0 Å². The van der Waals surface area contributed by atoms with Gasteiger partial charge in [0.2, 0.25) is 5.95 Å². The highest BCUT2D eigenvalue weighted by Crippen LogP contribution is 2.16. The maximum atomic E-state index is 10.8. The highest BCUT2D eigenvalue weighted by Gasteiger charge is 2.13. The van der Waals surface area contributed by atoms with Crippen molar-refractivity contribution in [1.82, 2.24) is 9.97 Å². The van der Waals surface area contributed by atoms with Crippen molar-refractivity contribution in [3.05, 3.63) is 24.3 Å². The van der Waals surface area contributed by atoms with Crippen LogP contribution < -0.4 is 4.90 Å². The van der Waals surface area contributed by atoms with Crippen LogP contribution in [0.25, 0.3) is 11.0 Å². The standard InChI is InChI=1S/C12H15N3O2/c1-2-7-15(8-11(16)17)12-13-9-5-3-4-6-10(9)14-12/h3-6H,2,7-8H2,1H3,(H,13,14)(H,16,17). The van der Waals surface area contributed by atoms with Gasteiger partial charge in [-0.3, -0.25) is 4.79 Å². The van der Waals surface area contributed by atoms with E-state index < -0.39 is 5.97 Å². The molecule has 17 heavy (non-hydrogen) atoms. The number of carboxylic acid groups (broad SMARTS) is 1. The molecule has 0 bridgehead atoms. The van der Waals surface area contributed by atoms with E-state index in [2.05, 4.69) is 9.97 Å². The molecule has 0 atom stereocenters. The molecule has 90 valence electrons. The fraction of sp³-hybridized carbons (Fsp3) is 0.333. The summed E-state index contributed by atoms with van der Waals surface area (Å²) in [5.41, 5.74) is 1.78. The molecule has 2 rings (SSSR count). The zero-order valence-corrected chi connectivity index (χ0v) is 9.68. The first kappa shape index (κ1) is 11.4. The first-order valence-electron chi connectivity index (χ1n) is 5.62. The lowest BCUT2D eigenvalue weighted by molar-refractivity contribution is -0.135. The van der Waals surface area contributed by atoms with E-state index in [1.807, 2.05) is 31.2 Å². The highest BCUT2D eigenvalue weighted by atomic mass is 16.4. The van der Waals surface area contributed by atoms with Crippen molar-refractivity contribution in [2.24, 2.45) is 0 Å². The molecular weight excluding hydrogens is 218 g/mol. The number of rotatable bonds is 5. The summed E-state index contributed by atoms with van der Waals surface area (Å²) in [6.07, 6.45) is 0.879. The van der Waals surface area contributed by atoms with Gasteiger partial charge in [0.05, 0.1) is 11.0 Å². The largest absolute Gasteiger partial charge is 0.480 e. The molecule has 0 aliphatic heterocycles. The van der Waals surface area contributed by atoms with Gasteiger partial charge in [-0.1, -0.05) is 19.1 Å². The van der Waals surface area contributed by atoms with Gasteiger partial charge in [0.25, 0.3) is 0 Å². The number of imidazole rings is 1. The molecule has 2 N–H and O–H groups in total. The number of hydrogen-bond donors (Lipinski definition) is 2. The van der Waals surface area contributed by atoms with E-state index in [-0.39, 0.29) is 6.54 Å². The van der Waals surface area contributed by atoms with Crippen LogP contribution in [0.2, 0.25) is 0 Å². The average molecular weight is 233 g/mol. The Hall–Kier alpha value is -2.04. The third-order valence-electron chi connectivity index (χ3n) is 2.50. The third-order valence-corrected chi connectivity index (χ3v) is 2.50. The molecule has 0 unspecified atom stereocenters. The smallest absolute Gasteiger partial charge is 0.323 e. The molecule has 0 amide bonds. The molecule has 0 aliphatic rings. The van der Waals surface area contributed by atoms with Crippen molar-refractivity contribution in [2.45, 2.75) is 13.3 Å². The monoisotopic (exact) mass is 233 g/mol. The Morgan fingerprint density at radius 1 is 1.47 bits per heavy atom. The predicted molar refractivity (Wildman–Crippen MR) is 66.2 cm³/mol. The molecule has 0 fully saturated rings. The molecule has 5 nitrogen and oxygen atoms in total. The van der Waals surface area contributed by atoms with Crippen LogP contribution in [0.4, 0.5) is 5.95 Å². The number of benzene rings is 1. The Balaban J connectivity index is 2.31. The number of carboxylic acids is 1.